The summed E-state index contributed by atoms with van der Waals surface area (Å²) in [5.41, 5.74) is -2.31. The van der Waals surface area contributed by atoms with Gasteiger partial charge in [-0.2, -0.15) is 8.78 Å². The van der Waals surface area contributed by atoms with Crippen LogP contribution in [0.25, 0.3) is 0 Å². The predicted molar refractivity (Wildman–Crippen MR) is 113 cm³/mol. The number of rotatable bonds is 12. The molecule has 0 bridgehead atoms. The van der Waals surface area contributed by atoms with Crippen molar-refractivity contribution >= 4 is 24.9 Å². The van der Waals surface area contributed by atoms with E-state index < -0.39 is 25.1 Å². The Bertz CT molecular complexity index is 893. The molecular weight excluding hydrogens is 458 g/mol. The minimum Gasteiger partial charge on any atom is -0.496 e. The Morgan fingerprint density at radius 1 is 1.10 bits per heavy atom. The van der Waals surface area contributed by atoms with Crippen molar-refractivity contribution < 1.29 is 36.3 Å². The summed E-state index contributed by atoms with van der Waals surface area (Å²) in [7, 11) is -2.33. The Labute approximate surface area is 184 Å². The Morgan fingerprint density at radius 3 is 2.32 bits per heavy atom. The minimum atomic E-state index is -4.23. The molecule has 0 heterocycles. The van der Waals surface area contributed by atoms with Gasteiger partial charge in [0.1, 0.15) is 11.5 Å². The van der Waals surface area contributed by atoms with E-state index in [-0.39, 0.29) is 24.7 Å². The number of alkyl halides is 4. The van der Waals surface area contributed by atoms with E-state index >= 15 is 0 Å². The third-order valence-corrected chi connectivity index (χ3v) is 6.54. The van der Waals surface area contributed by atoms with E-state index in [0.717, 1.165) is 0 Å². The molecule has 0 aliphatic heterocycles. The zero-order chi connectivity index (χ0) is 23.1. The second-order valence-electron chi connectivity index (χ2n) is 6.16. The van der Waals surface area contributed by atoms with Gasteiger partial charge in [0.05, 0.1) is 20.3 Å². The molecule has 0 fully saturated rings. The minimum absolute atomic E-state index is 0.105. The van der Waals surface area contributed by atoms with E-state index in [2.05, 4.69) is 10.1 Å². The van der Waals surface area contributed by atoms with E-state index in [9.17, 15) is 17.7 Å². The van der Waals surface area contributed by atoms with Crippen molar-refractivity contribution in [2.75, 3.05) is 25.6 Å². The first kappa shape index (κ1) is 25.3. The van der Waals surface area contributed by atoms with E-state index in [4.69, 9.17) is 25.4 Å². The van der Waals surface area contributed by atoms with E-state index in [1.54, 1.807) is 38.1 Å². The molecule has 0 radical (unpaired) electrons. The lowest BCUT2D eigenvalue weighted by Crippen LogP contribution is -2.32. The van der Waals surface area contributed by atoms with Crippen LogP contribution in [-0.2, 0) is 13.6 Å². The lowest BCUT2D eigenvalue weighted by Gasteiger charge is -2.29. The van der Waals surface area contributed by atoms with Crippen LogP contribution in [0, 0.1) is 0 Å². The van der Waals surface area contributed by atoms with Gasteiger partial charge in [-0.25, -0.2) is 4.39 Å². The Hall–Kier alpha value is -1.93. The van der Waals surface area contributed by atoms with Gasteiger partial charge >= 0.3 is 13.7 Å². The van der Waals surface area contributed by atoms with Gasteiger partial charge in [0.25, 0.3) is 5.63 Å². The number of anilines is 1. The third-order valence-electron chi connectivity index (χ3n) is 4.01. The molecule has 172 valence electrons. The number of benzene rings is 2. The summed E-state index contributed by atoms with van der Waals surface area (Å²) in [6.45, 7) is 3.54. The van der Waals surface area contributed by atoms with Crippen LogP contribution in [0.1, 0.15) is 25.2 Å². The summed E-state index contributed by atoms with van der Waals surface area (Å²) in [6, 6.07) is 12.1. The Balaban J connectivity index is 2.47. The van der Waals surface area contributed by atoms with Crippen LogP contribution in [0.15, 0.2) is 48.5 Å². The van der Waals surface area contributed by atoms with Crippen LogP contribution in [-0.4, -0.2) is 32.1 Å². The van der Waals surface area contributed by atoms with Gasteiger partial charge in [0, 0.05) is 17.3 Å². The summed E-state index contributed by atoms with van der Waals surface area (Å²) in [4.78, 5) is 0. The second kappa shape index (κ2) is 11.1. The molecule has 31 heavy (non-hydrogen) atoms. The lowest BCUT2D eigenvalue weighted by atomic mass is 10.2. The summed E-state index contributed by atoms with van der Waals surface area (Å²) in [6.07, 6.45) is -4.23. The number of methoxy groups -OCH3 is 1. The van der Waals surface area contributed by atoms with E-state index in [1.807, 2.05) is 0 Å². The van der Waals surface area contributed by atoms with Crippen LogP contribution in [0.5, 0.6) is 11.5 Å². The quantitative estimate of drug-likeness (QED) is 0.273. The van der Waals surface area contributed by atoms with Crippen molar-refractivity contribution in [3.05, 3.63) is 54.1 Å². The van der Waals surface area contributed by atoms with Crippen molar-refractivity contribution in [3.8, 4) is 11.5 Å². The van der Waals surface area contributed by atoms with Gasteiger partial charge in [0.2, 0.25) is 0 Å². The molecule has 0 aliphatic carbocycles. The Morgan fingerprint density at radius 2 is 1.74 bits per heavy atom. The normalized spacial score (nSPS) is 14.0. The molecule has 0 saturated heterocycles. The fraction of sp³-hybridized carbons (Fsp3) is 0.400. The molecular formula is C20H24ClF3NO5P. The van der Waals surface area contributed by atoms with Gasteiger partial charge in [-0.05, 0) is 32.0 Å². The summed E-state index contributed by atoms with van der Waals surface area (Å²) in [5.74, 6) is -0.970. The molecule has 0 aromatic heterocycles. The average molecular weight is 482 g/mol. The molecule has 2 aromatic rings. The zero-order valence-corrected chi connectivity index (χ0v) is 18.8. The number of hydrogen-bond donors (Lipinski definition) is 1. The second-order valence-corrected chi connectivity index (χ2v) is 8.65. The monoisotopic (exact) mass is 481 g/mol. The first-order valence-corrected chi connectivity index (χ1v) is 11.4. The molecule has 0 aliphatic rings. The first-order chi connectivity index (χ1) is 14.7. The van der Waals surface area contributed by atoms with Gasteiger partial charge < -0.3 is 23.8 Å². The molecule has 2 atom stereocenters. The number of halogens is 4. The van der Waals surface area contributed by atoms with Crippen molar-refractivity contribution in [2.24, 2.45) is 0 Å². The maximum absolute atomic E-state index is 13.6. The van der Waals surface area contributed by atoms with Crippen LogP contribution >= 0.6 is 19.2 Å². The smallest absolute Gasteiger partial charge is 0.444 e. The maximum atomic E-state index is 13.6. The highest BCUT2D eigenvalue weighted by Gasteiger charge is 2.42. The van der Waals surface area contributed by atoms with Crippen molar-refractivity contribution in [3.63, 3.8) is 0 Å². The summed E-state index contributed by atoms with van der Waals surface area (Å²) in [5, 5.41) is 2.99. The number of ether oxygens (including phenoxy) is 2. The SMILES string of the molecule is CCOP(=O)(OCC)C(Nc1cccc(OC(F)(F)C(F)Cl)c1)c1ccccc1OC. The van der Waals surface area contributed by atoms with E-state index in [1.165, 1.54) is 31.4 Å². The summed E-state index contributed by atoms with van der Waals surface area (Å²) < 4.78 is 74.3. The Kier molecular flexibility index (Phi) is 9.06. The van der Waals surface area contributed by atoms with Crippen molar-refractivity contribution in [1.82, 2.24) is 0 Å². The van der Waals surface area contributed by atoms with Crippen molar-refractivity contribution in [2.45, 2.75) is 31.4 Å². The molecule has 2 rings (SSSR count). The van der Waals surface area contributed by atoms with Crippen LogP contribution in [0.2, 0.25) is 0 Å². The van der Waals surface area contributed by atoms with Gasteiger partial charge in [-0.3, -0.25) is 4.57 Å². The molecule has 2 aromatic carbocycles. The molecule has 11 heteroatoms. The molecule has 6 nitrogen and oxygen atoms in total. The number of para-hydroxylation sites is 1. The van der Waals surface area contributed by atoms with Gasteiger partial charge in [-0.15, -0.1) is 0 Å². The van der Waals surface area contributed by atoms with Crippen LogP contribution < -0.4 is 14.8 Å². The highest BCUT2D eigenvalue weighted by Crippen LogP contribution is 2.62. The van der Waals surface area contributed by atoms with Crippen LogP contribution in [0.3, 0.4) is 0 Å². The predicted octanol–water partition coefficient (Wildman–Crippen LogP) is 6.58. The zero-order valence-electron chi connectivity index (χ0n) is 17.2. The lowest BCUT2D eigenvalue weighted by molar-refractivity contribution is -0.199. The van der Waals surface area contributed by atoms with Crippen LogP contribution in [0.4, 0.5) is 18.9 Å². The summed E-state index contributed by atoms with van der Waals surface area (Å²) >= 11 is 4.85. The third kappa shape index (κ3) is 6.53. The van der Waals surface area contributed by atoms with Gasteiger partial charge in [-0.1, -0.05) is 35.9 Å². The van der Waals surface area contributed by atoms with E-state index in [0.29, 0.717) is 11.3 Å². The highest BCUT2D eigenvalue weighted by molar-refractivity contribution is 7.54. The molecule has 0 saturated carbocycles. The number of nitrogens with one attached hydrogen (secondary N) is 1. The number of hydrogen-bond acceptors (Lipinski definition) is 6. The fourth-order valence-corrected chi connectivity index (χ4v) is 4.77. The molecule has 0 amide bonds. The first-order valence-electron chi connectivity index (χ1n) is 9.40. The average Bonchev–Trinajstić information content (AvgIpc) is 2.72. The fourth-order valence-electron chi connectivity index (χ4n) is 2.77. The maximum Gasteiger partial charge on any atom is 0.444 e. The topological polar surface area (TPSA) is 66.0 Å². The highest BCUT2D eigenvalue weighted by atomic mass is 35.5. The molecule has 2 unspecified atom stereocenters. The molecule has 0 spiro atoms. The largest absolute Gasteiger partial charge is 0.496 e. The van der Waals surface area contributed by atoms with Crippen molar-refractivity contribution in [1.29, 1.82) is 0 Å². The molecule has 1 N–H and O–H groups in total. The van der Waals surface area contributed by atoms with Gasteiger partial charge in [0.15, 0.2) is 5.78 Å². The standard InChI is InChI=1S/C20H24ClF3NO5P/c1-4-28-31(26,29-5-2)18(16-11-6-7-12-17(16)27-3)25-14-9-8-10-15(13-14)30-20(23,24)19(21)22/h6-13,18-19,25H,4-5H2,1-3H3.